The number of benzene rings is 3. The lowest BCUT2D eigenvalue weighted by Gasteiger charge is -2.31. The Morgan fingerprint density at radius 3 is 2.18 bits per heavy atom. The molecule has 0 heterocycles. The van der Waals surface area contributed by atoms with Crippen molar-refractivity contribution < 1.29 is 14.0 Å². The molecule has 0 bridgehead atoms. The molecule has 0 saturated carbocycles. The number of carbonyl (C=O) groups is 2. The molecule has 3 aromatic rings. The Hall–Kier alpha value is -3.47. The van der Waals surface area contributed by atoms with Gasteiger partial charge in [-0.15, -0.1) is 0 Å². The highest BCUT2D eigenvalue weighted by atomic mass is 19.1. The van der Waals surface area contributed by atoms with E-state index in [0.29, 0.717) is 13.0 Å². The van der Waals surface area contributed by atoms with Gasteiger partial charge in [-0.3, -0.25) is 9.59 Å². The summed E-state index contributed by atoms with van der Waals surface area (Å²) < 4.78 is 13.5. The summed E-state index contributed by atoms with van der Waals surface area (Å²) in [6.45, 7) is 4.86. The Morgan fingerprint density at radius 2 is 1.53 bits per heavy atom. The van der Waals surface area contributed by atoms with Crippen LogP contribution in [0.1, 0.15) is 42.0 Å². The summed E-state index contributed by atoms with van der Waals surface area (Å²) >= 11 is 0. The molecule has 178 valence electrons. The number of nitrogens with one attached hydrogen (secondary N) is 1. The van der Waals surface area contributed by atoms with Gasteiger partial charge in [-0.05, 0) is 42.2 Å². The molecule has 1 N–H and O–H groups in total. The van der Waals surface area contributed by atoms with Gasteiger partial charge >= 0.3 is 0 Å². The predicted octanol–water partition coefficient (Wildman–Crippen LogP) is 5.23. The van der Waals surface area contributed by atoms with Crippen LogP contribution in [-0.4, -0.2) is 29.3 Å². The average Bonchev–Trinajstić information content (AvgIpc) is 2.84. The van der Waals surface area contributed by atoms with E-state index in [1.165, 1.54) is 12.1 Å². The zero-order chi connectivity index (χ0) is 24.3. The lowest BCUT2D eigenvalue weighted by Crippen LogP contribution is -2.51. The average molecular weight is 461 g/mol. The molecule has 0 aromatic heterocycles. The van der Waals surface area contributed by atoms with Crippen molar-refractivity contribution in [2.24, 2.45) is 0 Å². The normalized spacial score (nSPS) is 11.6. The van der Waals surface area contributed by atoms with Crippen molar-refractivity contribution in [1.29, 1.82) is 0 Å². The van der Waals surface area contributed by atoms with Crippen LogP contribution >= 0.6 is 0 Å². The van der Waals surface area contributed by atoms with Gasteiger partial charge in [0.25, 0.3) is 0 Å². The van der Waals surface area contributed by atoms with Crippen LogP contribution in [0.15, 0.2) is 78.9 Å². The third kappa shape index (κ3) is 7.55. The van der Waals surface area contributed by atoms with E-state index in [9.17, 15) is 14.0 Å². The summed E-state index contributed by atoms with van der Waals surface area (Å²) in [4.78, 5) is 28.6. The maximum atomic E-state index is 13.6. The molecular formula is C29H33FN2O2. The summed E-state index contributed by atoms with van der Waals surface area (Å²) in [5.74, 6) is -0.643. The van der Waals surface area contributed by atoms with Gasteiger partial charge in [-0.2, -0.15) is 0 Å². The summed E-state index contributed by atoms with van der Waals surface area (Å²) in [6, 6.07) is 23.0. The lowest BCUT2D eigenvalue weighted by atomic mass is 10.0. The molecule has 0 aliphatic rings. The molecule has 3 aromatic carbocycles. The minimum atomic E-state index is -0.678. The molecular weight excluding hydrogens is 427 g/mol. The van der Waals surface area contributed by atoms with Gasteiger partial charge < -0.3 is 10.2 Å². The smallest absolute Gasteiger partial charge is 0.243 e. The summed E-state index contributed by atoms with van der Waals surface area (Å²) in [5.41, 5.74) is 3.77. The van der Waals surface area contributed by atoms with Crippen LogP contribution in [0.4, 0.5) is 4.39 Å². The molecule has 34 heavy (non-hydrogen) atoms. The molecule has 0 fully saturated rings. The van der Waals surface area contributed by atoms with E-state index in [1.807, 2.05) is 61.5 Å². The number of aryl methyl sites for hydroxylation is 1. The molecule has 0 spiro atoms. The number of unbranched alkanes of at least 4 members (excludes halogenated alkanes) is 1. The third-order valence-electron chi connectivity index (χ3n) is 5.84. The van der Waals surface area contributed by atoms with E-state index in [1.54, 1.807) is 17.0 Å². The quantitative estimate of drug-likeness (QED) is 0.398. The molecule has 1 atom stereocenters. The first kappa shape index (κ1) is 25.2. The monoisotopic (exact) mass is 460 g/mol. The van der Waals surface area contributed by atoms with Crippen molar-refractivity contribution >= 4 is 11.8 Å². The van der Waals surface area contributed by atoms with Crippen LogP contribution in [0.2, 0.25) is 0 Å². The standard InChI is InChI=1S/C29H33FN2O2/c1-3-4-18-31-29(34)27(19-23-8-6-5-7-9-23)32(21-25-14-16-26(30)17-15-25)28(33)20-24-12-10-22(2)11-13-24/h5-17,27H,3-4,18-21H2,1-2H3,(H,31,34)/t27-/m1/s1. The summed E-state index contributed by atoms with van der Waals surface area (Å²) in [7, 11) is 0. The highest BCUT2D eigenvalue weighted by molar-refractivity contribution is 5.88. The Balaban J connectivity index is 1.92. The second-order valence-electron chi connectivity index (χ2n) is 8.66. The maximum Gasteiger partial charge on any atom is 0.243 e. The van der Waals surface area contributed by atoms with Crippen molar-refractivity contribution in [2.75, 3.05) is 6.54 Å². The second-order valence-corrected chi connectivity index (χ2v) is 8.66. The molecule has 2 amide bonds. The molecule has 0 unspecified atom stereocenters. The van der Waals surface area contributed by atoms with Crippen molar-refractivity contribution in [3.63, 3.8) is 0 Å². The Morgan fingerprint density at radius 1 is 0.882 bits per heavy atom. The van der Waals surface area contributed by atoms with E-state index in [0.717, 1.165) is 35.1 Å². The number of hydrogen-bond donors (Lipinski definition) is 1. The van der Waals surface area contributed by atoms with E-state index in [2.05, 4.69) is 12.2 Å². The summed E-state index contributed by atoms with van der Waals surface area (Å²) in [5, 5.41) is 3.01. The van der Waals surface area contributed by atoms with Crippen molar-refractivity contribution in [1.82, 2.24) is 10.2 Å². The molecule has 5 heteroatoms. The minimum absolute atomic E-state index is 0.139. The topological polar surface area (TPSA) is 49.4 Å². The number of rotatable bonds is 11. The number of hydrogen-bond acceptors (Lipinski definition) is 2. The fourth-order valence-corrected chi connectivity index (χ4v) is 3.83. The van der Waals surface area contributed by atoms with E-state index in [4.69, 9.17) is 0 Å². The van der Waals surface area contributed by atoms with Gasteiger partial charge in [0.1, 0.15) is 11.9 Å². The van der Waals surface area contributed by atoms with Gasteiger partial charge in [0.05, 0.1) is 6.42 Å². The lowest BCUT2D eigenvalue weighted by molar-refractivity contribution is -0.140. The first-order valence-corrected chi connectivity index (χ1v) is 11.9. The molecule has 0 aliphatic heterocycles. The fourth-order valence-electron chi connectivity index (χ4n) is 3.83. The summed E-state index contributed by atoms with van der Waals surface area (Å²) in [6.07, 6.45) is 2.43. The van der Waals surface area contributed by atoms with Crippen LogP contribution in [0.5, 0.6) is 0 Å². The predicted molar refractivity (Wildman–Crippen MR) is 134 cm³/mol. The van der Waals surface area contributed by atoms with Crippen LogP contribution in [0.25, 0.3) is 0 Å². The van der Waals surface area contributed by atoms with Crippen molar-refractivity contribution in [2.45, 2.75) is 52.1 Å². The van der Waals surface area contributed by atoms with Crippen molar-refractivity contribution in [3.8, 4) is 0 Å². The van der Waals surface area contributed by atoms with Crippen LogP contribution < -0.4 is 5.32 Å². The highest BCUT2D eigenvalue weighted by Gasteiger charge is 2.30. The van der Waals surface area contributed by atoms with E-state index >= 15 is 0 Å². The number of amides is 2. The SMILES string of the molecule is CCCCNC(=O)[C@@H](Cc1ccccc1)N(Cc1ccc(F)cc1)C(=O)Cc1ccc(C)cc1. The van der Waals surface area contributed by atoms with Gasteiger partial charge in [0.15, 0.2) is 0 Å². The second kappa shape index (κ2) is 12.7. The largest absolute Gasteiger partial charge is 0.354 e. The minimum Gasteiger partial charge on any atom is -0.354 e. The molecule has 0 aliphatic carbocycles. The van der Waals surface area contributed by atoms with Gasteiger partial charge in [-0.25, -0.2) is 4.39 Å². The Kier molecular flexibility index (Phi) is 9.39. The molecule has 4 nitrogen and oxygen atoms in total. The Labute approximate surface area is 201 Å². The number of carbonyl (C=O) groups excluding carboxylic acids is 2. The fraction of sp³-hybridized carbons (Fsp3) is 0.310. The number of nitrogens with zero attached hydrogens (tertiary/aromatic N) is 1. The van der Waals surface area contributed by atoms with Gasteiger partial charge in [0, 0.05) is 19.5 Å². The van der Waals surface area contributed by atoms with E-state index < -0.39 is 6.04 Å². The number of halogens is 1. The Bertz CT molecular complexity index is 1050. The molecule has 3 rings (SSSR count). The van der Waals surface area contributed by atoms with Crippen LogP contribution in [0, 0.1) is 12.7 Å². The first-order chi connectivity index (χ1) is 16.5. The van der Waals surface area contributed by atoms with Gasteiger partial charge in [0.2, 0.25) is 11.8 Å². The molecule has 0 saturated heterocycles. The van der Waals surface area contributed by atoms with E-state index in [-0.39, 0.29) is 30.6 Å². The van der Waals surface area contributed by atoms with Crippen LogP contribution in [0.3, 0.4) is 0 Å². The zero-order valence-electron chi connectivity index (χ0n) is 20.0. The van der Waals surface area contributed by atoms with Crippen molar-refractivity contribution in [3.05, 3.63) is 107 Å². The molecule has 0 radical (unpaired) electrons. The highest BCUT2D eigenvalue weighted by Crippen LogP contribution is 2.17. The zero-order valence-corrected chi connectivity index (χ0v) is 20.0. The maximum absolute atomic E-state index is 13.6. The van der Waals surface area contributed by atoms with Gasteiger partial charge in [-0.1, -0.05) is 85.6 Å². The van der Waals surface area contributed by atoms with Crippen LogP contribution in [-0.2, 0) is 29.0 Å². The third-order valence-corrected chi connectivity index (χ3v) is 5.84. The first-order valence-electron chi connectivity index (χ1n) is 11.9.